The maximum Gasteiger partial charge on any atom is 0.149 e. The van der Waals surface area contributed by atoms with E-state index in [9.17, 15) is 5.11 Å². The van der Waals surface area contributed by atoms with E-state index in [-0.39, 0.29) is 6.10 Å². The third-order valence-electron chi connectivity index (χ3n) is 3.25. The van der Waals surface area contributed by atoms with Crippen molar-refractivity contribution < 1.29 is 5.11 Å². The van der Waals surface area contributed by atoms with E-state index in [0.717, 1.165) is 19.4 Å². The fourth-order valence-electron chi connectivity index (χ4n) is 2.22. The van der Waals surface area contributed by atoms with Gasteiger partial charge in [-0.15, -0.1) is 0 Å². The molecule has 0 saturated heterocycles. The van der Waals surface area contributed by atoms with E-state index in [1.54, 1.807) is 13.1 Å². The molecular weight excluding hydrogens is 273 g/mol. The Labute approximate surface area is 117 Å². The molecule has 1 aliphatic carbocycles. The molecule has 100 valence electrons. The Kier molecular flexibility index (Phi) is 4.20. The molecule has 2 rings (SSSR count). The molecule has 0 spiro atoms. The van der Waals surface area contributed by atoms with Crippen LogP contribution in [0.1, 0.15) is 12.8 Å². The van der Waals surface area contributed by atoms with Crippen molar-refractivity contribution in [2.75, 3.05) is 30.9 Å². The molecule has 0 aromatic carbocycles. The summed E-state index contributed by atoms with van der Waals surface area (Å²) in [6.45, 7) is 0.842. The van der Waals surface area contributed by atoms with E-state index in [2.05, 4.69) is 10.3 Å². The van der Waals surface area contributed by atoms with Gasteiger partial charge in [0.1, 0.15) is 11.6 Å². The first-order valence-electron chi connectivity index (χ1n) is 5.94. The molecular formula is C12H17Cl2N3O. The van der Waals surface area contributed by atoms with Gasteiger partial charge in [-0.1, -0.05) is 23.2 Å². The van der Waals surface area contributed by atoms with Crippen LogP contribution in [-0.2, 0) is 0 Å². The van der Waals surface area contributed by atoms with Gasteiger partial charge in [0.2, 0.25) is 0 Å². The minimum absolute atomic E-state index is 0.134. The lowest BCUT2D eigenvalue weighted by atomic mass is 9.82. The highest BCUT2D eigenvalue weighted by Crippen LogP contribution is 2.33. The Balaban J connectivity index is 2.11. The number of halogens is 2. The Morgan fingerprint density at radius 3 is 2.67 bits per heavy atom. The van der Waals surface area contributed by atoms with Crippen LogP contribution in [0.3, 0.4) is 0 Å². The average Bonchev–Trinajstić information content (AvgIpc) is 2.27. The lowest BCUT2D eigenvalue weighted by molar-refractivity contribution is 0.0464. The Bertz CT molecular complexity index is 436. The highest BCUT2D eigenvalue weighted by molar-refractivity contribution is 6.37. The molecule has 1 aromatic heterocycles. The molecule has 1 heterocycles. The average molecular weight is 290 g/mol. The highest BCUT2D eigenvalue weighted by atomic mass is 35.5. The summed E-state index contributed by atoms with van der Waals surface area (Å²) in [5, 5.41) is 13.3. The maximum atomic E-state index is 9.29. The first-order chi connectivity index (χ1) is 8.51. The van der Waals surface area contributed by atoms with Crippen molar-refractivity contribution in [2.45, 2.75) is 18.9 Å². The summed E-state index contributed by atoms with van der Waals surface area (Å²) in [6.07, 6.45) is 1.58. The van der Waals surface area contributed by atoms with Gasteiger partial charge in [0, 0.05) is 20.6 Å². The van der Waals surface area contributed by atoms with Crippen LogP contribution >= 0.6 is 23.2 Å². The zero-order valence-corrected chi connectivity index (χ0v) is 12.0. The van der Waals surface area contributed by atoms with Gasteiger partial charge >= 0.3 is 0 Å². The maximum absolute atomic E-state index is 9.29. The van der Waals surface area contributed by atoms with Gasteiger partial charge in [-0.25, -0.2) is 4.98 Å². The molecule has 1 saturated carbocycles. The molecule has 1 aromatic rings. The van der Waals surface area contributed by atoms with Crippen molar-refractivity contribution in [2.24, 2.45) is 5.92 Å². The SMILES string of the molecule is CNc1nc(N(C)CC2CC(O)C2)c(Cl)cc1Cl. The summed E-state index contributed by atoms with van der Waals surface area (Å²) >= 11 is 12.2. The summed E-state index contributed by atoms with van der Waals surface area (Å²) in [5.74, 6) is 1.85. The molecule has 0 bridgehead atoms. The second-order valence-corrected chi connectivity index (χ2v) is 5.56. The molecule has 1 fully saturated rings. The van der Waals surface area contributed by atoms with Crippen LogP contribution in [0, 0.1) is 5.92 Å². The molecule has 4 nitrogen and oxygen atoms in total. The van der Waals surface area contributed by atoms with E-state index < -0.39 is 0 Å². The van der Waals surface area contributed by atoms with Gasteiger partial charge < -0.3 is 15.3 Å². The van der Waals surface area contributed by atoms with E-state index >= 15 is 0 Å². The monoisotopic (exact) mass is 289 g/mol. The van der Waals surface area contributed by atoms with E-state index in [4.69, 9.17) is 23.2 Å². The van der Waals surface area contributed by atoms with Crippen LogP contribution < -0.4 is 10.2 Å². The second kappa shape index (κ2) is 5.51. The lowest BCUT2D eigenvalue weighted by Gasteiger charge is -2.35. The smallest absolute Gasteiger partial charge is 0.149 e. The molecule has 0 amide bonds. The number of hydrogen-bond acceptors (Lipinski definition) is 4. The summed E-state index contributed by atoms with van der Waals surface area (Å²) < 4.78 is 0. The topological polar surface area (TPSA) is 48.4 Å². The van der Waals surface area contributed by atoms with Crippen molar-refractivity contribution in [3.63, 3.8) is 0 Å². The number of hydrogen-bond donors (Lipinski definition) is 2. The Morgan fingerprint density at radius 1 is 1.44 bits per heavy atom. The fourth-order valence-corrected chi connectivity index (χ4v) is 2.82. The number of rotatable bonds is 4. The van der Waals surface area contributed by atoms with Crippen molar-refractivity contribution in [3.8, 4) is 0 Å². The quantitative estimate of drug-likeness (QED) is 0.895. The van der Waals surface area contributed by atoms with Gasteiger partial charge in [0.05, 0.1) is 16.1 Å². The van der Waals surface area contributed by atoms with Gasteiger partial charge in [0.25, 0.3) is 0 Å². The molecule has 1 aliphatic rings. The van der Waals surface area contributed by atoms with Crippen LogP contribution in [0.2, 0.25) is 10.0 Å². The lowest BCUT2D eigenvalue weighted by Crippen LogP contribution is -2.37. The number of pyridine rings is 1. The van der Waals surface area contributed by atoms with Crippen molar-refractivity contribution in [1.29, 1.82) is 0 Å². The molecule has 18 heavy (non-hydrogen) atoms. The van der Waals surface area contributed by atoms with E-state index in [1.165, 1.54) is 0 Å². The third-order valence-corrected chi connectivity index (χ3v) is 3.82. The van der Waals surface area contributed by atoms with Crippen LogP contribution in [-0.4, -0.2) is 36.8 Å². The second-order valence-electron chi connectivity index (χ2n) is 4.75. The number of aliphatic hydroxyl groups is 1. The number of nitrogens with zero attached hydrogens (tertiary/aromatic N) is 2. The predicted molar refractivity (Wildman–Crippen MR) is 75.8 cm³/mol. The van der Waals surface area contributed by atoms with Crippen molar-refractivity contribution in [3.05, 3.63) is 16.1 Å². The van der Waals surface area contributed by atoms with Gasteiger partial charge in [0.15, 0.2) is 0 Å². The van der Waals surface area contributed by atoms with Crippen molar-refractivity contribution >= 4 is 34.8 Å². The summed E-state index contributed by atoms with van der Waals surface area (Å²) in [7, 11) is 3.72. The third kappa shape index (κ3) is 2.82. The largest absolute Gasteiger partial charge is 0.393 e. The summed E-state index contributed by atoms with van der Waals surface area (Å²) in [5.41, 5.74) is 0. The summed E-state index contributed by atoms with van der Waals surface area (Å²) in [6, 6.07) is 1.70. The van der Waals surface area contributed by atoms with Gasteiger partial charge in [-0.05, 0) is 24.8 Å². The first kappa shape index (κ1) is 13.7. The molecule has 2 N–H and O–H groups in total. The first-order valence-corrected chi connectivity index (χ1v) is 6.69. The zero-order chi connectivity index (χ0) is 13.3. The van der Waals surface area contributed by atoms with Gasteiger partial charge in [-0.3, -0.25) is 0 Å². The molecule has 0 radical (unpaired) electrons. The van der Waals surface area contributed by atoms with Crippen LogP contribution in [0.25, 0.3) is 0 Å². The summed E-state index contributed by atoms with van der Waals surface area (Å²) in [4.78, 5) is 6.42. The number of aliphatic hydroxyl groups excluding tert-OH is 1. The standard InChI is InChI=1S/C12H17Cl2N3O/c1-15-11-9(13)5-10(14)12(16-11)17(2)6-7-3-8(18)4-7/h5,7-8,18H,3-4,6H2,1-2H3,(H,15,16). The minimum Gasteiger partial charge on any atom is -0.393 e. The number of anilines is 2. The molecule has 0 atom stereocenters. The van der Waals surface area contributed by atoms with Gasteiger partial charge in [-0.2, -0.15) is 0 Å². The number of nitrogens with one attached hydrogen (secondary N) is 1. The van der Waals surface area contributed by atoms with Crippen LogP contribution in [0.5, 0.6) is 0 Å². The zero-order valence-electron chi connectivity index (χ0n) is 10.5. The minimum atomic E-state index is -0.134. The molecule has 6 heteroatoms. The Hall–Kier alpha value is -0.710. The van der Waals surface area contributed by atoms with Crippen LogP contribution in [0.4, 0.5) is 11.6 Å². The Morgan fingerprint density at radius 2 is 2.11 bits per heavy atom. The van der Waals surface area contributed by atoms with E-state index in [0.29, 0.717) is 27.6 Å². The normalized spacial score (nSPS) is 22.5. The van der Waals surface area contributed by atoms with Crippen LogP contribution in [0.15, 0.2) is 6.07 Å². The van der Waals surface area contributed by atoms with Crippen molar-refractivity contribution in [1.82, 2.24) is 4.98 Å². The van der Waals surface area contributed by atoms with E-state index in [1.807, 2.05) is 11.9 Å². The highest BCUT2D eigenvalue weighted by Gasteiger charge is 2.28. The number of aromatic nitrogens is 1. The predicted octanol–water partition coefficient (Wildman–Crippen LogP) is 2.64. The molecule has 0 aliphatic heterocycles. The molecule has 0 unspecified atom stereocenters. The fraction of sp³-hybridized carbons (Fsp3) is 0.583.